The van der Waals surface area contributed by atoms with E-state index in [4.69, 9.17) is 4.74 Å². The van der Waals surface area contributed by atoms with Crippen molar-refractivity contribution in [2.75, 3.05) is 0 Å². The number of Topliss-reactive ketones (excluding diaryl/α,β-unsaturated/α-hetero) is 1. The first kappa shape index (κ1) is 17.3. The molecule has 2 aliphatic heterocycles. The van der Waals surface area contributed by atoms with Gasteiger partial charge < -0.3 is 14.9 Å². The number of fused-ring (bicyclic) bond motifs is 5. The number of ether oxygens (including phenoxy) is 1. The highest BCUT2D eigenvalue weighted by atomic mass is 16.5. The lowest BCUT2D eigenvalue weighted by atomic mass is 9.72. The van der Waals surface area contributed by atoms with E-state index >= 15 is 0 Å². The Morgan fingerprint density at radius 3 is 2.58 bits per heavy atom. The normalized spacial score (nSPS) is 33.1. The van der Waals surface area contributed by atoms with E-state index in [0.717, 1.165) is 22.3 Å². The van der Waals surface area contributed by atoms with E-state index in [2.05, 4.69) is 6.58 Å². The molecule has 136 valence electrons. The van der Waals surface area contributed by atoms with E-state index in [-0.39, 0.29) is 17.6 Å². The molecular weight excluding hydrogens is 328 g/mol. The van der Waals surface area contributed by atoms with Crippen molar-refractivity contribution < 1.29 is 19.7 Å². The smallest absolute Gasteiger partial charge is 0.174 e. The molecule has 0 radical (unpaired) electrons. The highest BCUT2D eigenvalue weighted by Gasteiger charge is 2.67. The van der Waals surface area contributed by atoms with Gasteiger partial charge in [-0.15, -0.1) is 6.58 Å². The molecule has 3 aliphatic rings. The first-order valence-electron chi connectivity index (χ1n) is 9.03. The van der Waals surface area contributed by atoms with E-state index in [1.807, 2.05) is 39.0 Å². The van der Waals surface area contributed by atoms with Gasteiger partial charge >= 0.3 is 0 Å². The molecular formula is C22H24O4. The topological polar surface area (TPSA) is 66.8 Å². The number of hydrogen-bond donors (Lipinski definition) is 2. The van der Waals surface area contributed by atoms with Crippen molar-refractivity contribution >= 4 is 11.4 Å². The van der Waals surface area contributed by atoms with Crippen molar-refractivity contribution in [3.63, 3.8) is 0 Å². The molecule has 5 atom stereocenters. The molecule has 2 N–H and O–H groups in total. The summed E-state index contributed by atoms with van der Waals surface area (Å²) < 4.78 is 6.02. The monoisotopic (exact) mass is 352 g/mol. The fraction of sp³-hybridized carbons (Fsp3) is 0.409. The van der Waals surface area contributed by atoms with Crippen LogP contribution in [0, 0.1) is 32.6 Å². The molecule has 0 spiro atoms. The van der Waals surface area contributed by atoms with Crippen molar-refractivity contribution in [1.82, 2.24) is 0 Å². The number of carbonyl (C=O) groups excluding carboxylic acids is 1. The largest absolute Gasteiger partial charge is 0.511 e. The average molecular weight is 352 g/mol. The zero-order chi connectivity index (χ0) is 18.8. The predicted molar refractivity (Wildman–Crippen MR) is 99.8 cm³/mol. The molecule has 2 bridgehead atoms. The molecule has 26 heavy (non-hydrogen) atoms. The minimum atomic E-state index is -1.08. The molecule has 0 saturated carbocycles. The van der Waals surface area contributed by atoms with Gasteiger partial charge in [0.15, 0.2) is 5.78 Å². The minimum Gasteiger partial charge on any atom is -0.511 e. The van der Waals surface area contributed by atoms with Gasteiger partial charge in [0.1, 0.15) is 11.4 Å². The van der Waals surface area contributed by atoms with Crippen LogP contribution in [0.2, 0.25) is 0 Å². The molecule has 1 fully saturated rings. The van der Waals surface area contributed by atoms with Crippen molar-refractivity contribution in [1.29, 1.82) is 0 Å². The summed E-state index contributed by atoms with van der Waals surface area (Å²) >= 11 is 0. The predicted octanol–water partition coefficient (Wildman–Crippen LogP) is 3.34. The summed E-state index contributed by atoms with van der Waals surface area (Å²) in [5.74, 6) is -1.07. The van der Waals surface area contributed by atoms with Crippen molar-refractivity contribution in [3.05, 3.63) is 65.0 Å². The lowest BCUT2D eigenvalue weighted by Crippen LogP contribution is -2.48. The van der Waals surface area contributed by atoms with Crippen LogP contribution in [0.25, 0.3) is 5.57 Å². The number of rotatable bonds is 4. The summed E-state index contributed by atoms with van der Waals surface area (Å²) in [6.07, 6.45) is 4.36. The van der Waals surface area contributed by atoms with E-state index in [1.165, 1.54) is 0 Å². The fourth-order valence-electron chi connectivity index (χ4n) is 5.09. The van der Waals surface area contributed by atoms with Crippen LogP contribution in [-0.4, -0.2) is 33.8 Å². The van der Waals surface area contributed by atoms with Crippen molar-refractivity contribution in [2.24, 2.45) is 11.8 Å². The molecule has 1 unspecified atom stereocenters. The summed E-state index contributed by atoms with van der Waals surface area (Å²) in [4.78, 5) is 13.4. The van der Waals surface area contributed by atoms with Crippen LogP contribution < -0.4 is 0 Å². The Hall–Kier alpha value is -2.17. The zero-order valence-corrected chi connectivity index (χ0v) is 15.3. The SMILES string of the molecule is C=CCC(O)[C@]12C=C[C@H](O1)[C@@H]1C(O)=C(c3c(C)cc(C)cc3C)C(=O)[C@@H]12. The second-order valence-corrected chi connectivity index (χ2v) is 7.74. The number of aliphatic hydroxyl groups is 2. The van der Waals surface area contributed by atoms with E-state index in [0.29, 0.717) is 12.0 Å². The molecule has 1 aromatic carbocycles. The second kappa shape index (κ2) is 5.66. The molecule has 4 rings (SSSR count). The fourth-order valence-corrected chi connectivity index (χ4v) is 5.09. The van der Waals surface area contributed by atoms with Gasteiger partial charge in [-0.3, -0.25) is 4.79 Å². The number of benzene rings is 1. The summed E-state index contributed by atoms with van der Waals surface area (Å²) in [6.45, 7) is 9.62. The second-order valence-electron chi connectivity index (χ2n) is 7.74. The van der Waals surface area contributed by atoms with Crippen LogP contribution in [0.3, 0.4) is 0 Å². The zero-order valence-electron chi connectivity index (χ0n) is 15.3. The molecule has 0 amide bonds. The molecule has 1 saturated heterocycles. The Kier molecular flexibility index (Phi) is 3.76. The van der Waals surface area contributed by atoms with Gasteiger partial charge in [0.25, 0.3) is 0 Å². The maximum absolute atomic E-state index is 13.4. The minimum absolute atomic E-state index is 0.0945. The van der Waals surface area contributed by atoms with Crippen LogP contribution in [-0.2, 0) is 9.53 Å². The lowest BCUT2D eigenvalue weighted by molar-refractivity contribution is -0.127. The van der Waals surface area contributed by atoms with Gasteiger partial charge in [-0.05, 0) is 43.9 Å². The quantitative estimate of drug-likeness (QED) is 0.816. The van der Waals surface area contributed by atoms with Gasteiger partial charge in [-0.25, -0.2) is 0 Å². The van der Waals surface area contributed by atoms with Crippen LogP contribution in [0.15, 0.2) is 42.7 Å². The number of allylic oxidation sites excluding steroid dienone is 1. The third kappa shape index (κ3) is 2.06. The summed E-state index contributed by atoms with van der Waals surface area (Å²) in [7, 11) is 0. The highest BCUT2D eigenvalue weighted by molar-refractivity contribution is 6.26. The highest BCUT2D eigenvalue weighted by Crippen LogP contribution is 2.58. The summed E-state index contributed by atoms with van der Waals surface area (Å²) in [6, 6.07) is 4.05. The molecule has 4 heteroatoms. The average Bonchev–Trinajstić information content (AvgIpc) is 3.21. The molecule has 4 nitrogen and oxygen atoms in total. The molecule has 0 aromatic heterocycles. The Labute approximate surface area is 153 Å². The van der Waals surface area contributed by atoms with Gasteiger partial charge in [-0.1, -0.05) is 35.9 Å². The number of aliphatic hydroxyl groups excluding tert-OH is 2. The summed E-state index contributed by atoms with van der Waals surface area (Å²) in [5.41, 5.74) is 3.18. The first-order chi connectivity index (χ1) is 12.3. The summed E-state index contributed by atoms with van der Waals surface area (Å²) in [5, 5.41) is 21.7. The number of ketones is 1. The van der Waals surface area contributed by atoms with Crippen molar-refractivity contribution in [2.45, 2.75) is 45.0 Å². The van der Waals surface area contributed by atoms with E-state index in [1.54, 1.807) is 12.2 Å². The third-order valence-corrected chi connectivity index (χ3v) is 6.02. The van der Waals surface area contributed by atoms with Crippen LogP contribution in [0.1, 0.15) is 28.7 Å². The van der Waals surface area contributed by atoms with Gasteiger partial charge in [0, 0.05) is 0 Å². The maximum atomic E-state index is 13.4. The Morgan fingerprint density at radius 2 is 1.96 bits per heavy atom. The lowest BCUT2D eigenvalue weighted by Gasteiger charge is -2.33. The van der Waals surface area contributed by atoms with Crippen LogP contribution >= 0.6 is 0 Å². The van der Waals surface area contributed by atoms with Crippen LogP contribution in [0.4, 0.5) is 0 Å². The number of hydrogen-bond acceptors (Lipinski definition) is 4. The molecule has 1 aliphatic carbocycles. The van der Waals surface area contributed by atoms with E-state index < -0.39 is 23.5 Å². The maximum Gasteiger partial charge on any atom is 0.174 e. The molecule has 1 aromatic rings. The Morgan fingerprint density at radius 1 is 1.31 bits per heavy atom. The number of carbonyl (C=O) groups is 1. The van der Waals surface area contributed by atoms with E-state index in [9.17, 15) is 15.0 Å². The van der Waals surface area contributed by atoms with Gasteiger partial charge in [0.05, 0.1) is 29.6 Å². The Bertz CT molecular complexity index is 855. The molecule has 2 heterocycles. The Balaban J connectivity index is 1.84. The van der Waals surface area contributed by atoms with Gasteiger partial charge in [0.2, 0.25) is 0 Å². The third-order valence-electron chi connectivity index (χ3n) is 6.02. The number of aryl methyl sites for hydroxylation is 3. The van der Waals surface area contributed by atoms with Gasteiger partial charge in [-0.2, -0.15) is 0 Å². The first-order valence-corrected chi connectivity index (χ1v) is 9.03. The van der Waals surface area contributed by atoms with Crippen LogP contribution in [0.5, 0.6) is 0 Å². The van der Waals surface area contributed by atoms with Crippen molar-refractivity contribution in [3.8, 4) is 0 Å². The standard InChI is InChI=1S/C22H24O4/c1-5-6-15(23)22-8-7-14(26-22)17-19(22)21(25)18(20(17)24)16-12(3)9-11(2)10-13(16)4/h5,7-10,14-15,17,19,23-24H,1,6H2,2-4H3/t14-,15?,17-,19+,22-/m0/s1.